The second-order valence-corrected chi connectivity index (χ2v) is 13.9. The minimum atomic E-state index is -3.07. The van der Waals surface area contributed by atoms with Gasteiger partial charge in [0.05, 0.1) is 18.5 Å². The summed E-state index contributed by atoms with van der Waals surface area (Å²) < 4.78 is 25.2. The third-order valence-corrected chi connectivity index (χ3v) is 11.0. The highest BCUT2D eigenvalue weighted by Gasteiger charge is 2.50. The quantitative estimate of drug-likeness (QED) is 0.537. The number of sulfonamides is 1. The third-order valence-electron chi connectivity index (χ3n) is 9.73. The average molecular weight is 507 g/mol. The number of piperazine rings is 1. The first-order valence-electron chi connectivity index (χ1n) is 13.6. The molecule has 1 saturated heterocycles. The summed E-state index contributed by atoms with van der Waals surface area (Å²) in [6, 6.07) is 0. The minimum absolute atomic E-state index is 0.344. The zero-order valence-electron chi connectivity index (χ0n) is 22.0. The summed E-state index contributed by atoms with van der Waals surface area (Å²) in [4.78, 5) is 2.44. The Morgan fingerprint density at radius 1 is 1.11 bits per heavy atom. The van der Waals surface area contributed by atoms with E-state index in [-0.39, 0.29) is 0 Å². The fourth-order valence-electron chi connectivity index (χ4n) is 7.51. The van der Waals surface area contributed by atoms with Crippen LogP contribution in [0.15, 0.2) is 35.5 Å². The summed E-state index contributed by atoms with van der Waals surface area (Å²) >= 11 is 0. The highest BCUT2D eigenvalue weighted by molar-refractivity contribution is 7.88. The molecule has 3 aliphatic carbocycles. The Kier molecular flexibility index (Phi) is 8.33. The number of hydrogen-bond acceptors (Lipinski definition) is 5. The highest BCUT2D eigenvalue weighted by atomic mass is 32.2. The average Bonchev–Trinajstić information content (AvgIpc) is 3.16. The van der Waals surface area contributed by atoms with Crippen molar-refractivity contribution in [2.75, 3.05) is 39.0 Å². The van der Waals surface area contributed by atoms with Gasteiger partial charge in [-0.1, -0.05) is 43.7 Å². The standard InChI is InChI=1S/C28H46N2O4S/c1-20(11-13-29-14-16-30(17-15-29)35(4,33)34)24-9-10-25-23(6-5-12-28(24,25)3)8-7-22-18-26(31)21(2)27(32)19-22/h7-8,20,24-27,31-32H,2,5-6,9-19H2,1,3-4H3/t20?,24-,25+,26-,27+,28-/m1/s1. The molecule has 0 bridgehead atoms. The Morgan fingerprint density at radius 2 is 1.77 bits per heavy atom. The summed E-state index contributed by atoms with van der Waals surface area (Å²) in [6.45, 7) is 12.7. The molecule has 6 atom stereocenters. The van der Waals surface area contributed by atoms with E-state index in [0.29, 0.717) is 48.8 Å². The molecule has 6 nitrogen and oxygen atoms in total. The van der Waals surface area contributed by atoms with Gasteiger partial charge >= 0.3 is 0 Å². The van der Waals surface area contributed by atoms with Crippen molar-refractivity contribution in [2.24, 2.45) is 23.2 Å². The first-order chi connectivity index (χ1) is 16.5. The lowest BCUT2D eigenvalue weighted by Gasteiger charge is -2.45. The molecule has 35 heavy (non-hydrogen) atoms. The summed E-state index contributed by atoms with van der Waals surface area (Å²) in [5.74, 6) is 2.01. The van der Waals surface area contributed by atoms with E-state index < -0.39 is 22.2 Å². The van der Waals surface area contributed by atoms with Crippen LogP contribution in [-0.2, 0) is 10.0 Å². The molecule has 2 N–H and O–H groups in total. The van der Waals surface area contributed by atoms with E-state index >= 15 is 0 Å². The van der Waals surface area contributed by atoms with Crippen molar-refractivity contribution in [1.29, 1.82) is 0 Å². The molecule has 0 aromatic rings. The lowest BCUT2D eigenvalue weighted by molar-refractivity contribution is 0.0853. The van der Waals surface area contributed by atoms with Gasteiger partial charge in [-0.3, -0.25) is 0 Å². The van der Waals surface area contributed by atoms with Crippen LogP contribution in [0.2, 0.25) is 0 Å². The van der Waals surface area contributed by atoms with Crippen LogP contribution in [0.4, 0.5) is 0 Å². The van der Waals surface area contributed by atoms with Gasteiger partial charge in [-0.25, -0.2) is 8.42 Å². The van der Waals surface area contributed by atoms with Crippen LogP contribution in [0.1, 0.15) is 65.2 Å². The predicted octanol–water partition coefficient (Wildman–Crippen LogP) is 3.73. The molecule has 4 aliphatic rings. The first-order valence-corrected chi connectivity index (χ1v) is 15.4. The van der Waals surface area contributed by atoms with Crippen LogP contribution in [0.5, 0.6) is 0 Å². The molecule has 0 radical (unpaired) electrons. The molecule has 0 aromatic heterocycles. The molecule has 4 fully saturated rings. The molecule has 0 amide bonds. The second kappa shape index (κ2) is 10.8. The molecule has 1 aliphatic heterocycles. The molecule has 1 heterocycles. The van der Waals surface area contributed by atoms with Crippen LogP contribution in [0.25, 0.3) is 0 Å². The fraction of sp³-hybridized carbons (Fsp3) is 0.786. The predicted molar refractivity (Wildman–Crippen MR) is 141 cm³/mol. The Bertz CT molecular complexity index is 934. The highest BCUT2D eigenvalue weighted by Crippen LogP contribution is 2.59. The number of aliphatic hydroxyl groups is 2. The Balaban J connectivity index is 1.35. The molecule has 3 saturated carbocycles. The maximum atomic E-state index is 11.8. The summed E-state index contributed by atoms with van der Waals surface area (Å²) in [5.41, 5.74) is 3.57. The monoisotopic (exact) mass is 506 g/mol. The van der Waals surface area contributed by atoms with Crippen LogP contribution in [-0.4, -0.2) is 79.0 Å². The molecule has 0 aromatic carbocycles. The normalized spacial score (nSPS) is 38.7. The largest absolute Gasteiger partial charge is 0.388 e. The fourth-order valence-corrected chi connectivity index (χ4v) is 8.34. The Morgan fingerprint density at radius 3 is 2.40 bits per heavy atom. The maximum absolute atomic E-state index is 11.8. The third kappa shape index (κ3) is 5.96. The second-order valence-electron chi connectivity index (χ2n) is 11.9. The zero-order chi connectivity index (χ0) is 25.4. The summed E-state index contributed by atoms with van der Waals surface area (Å²) in [7, 11) is -3.07. The van der Waals surface area contributed by atoms with Crippen molar-refractivity contribution < 1.29 is 18.6 Å². The van der Waals surface area contributed by atoms with Gasteiger partial charge in [-0.15, -0.1) is 0 Å². The van der Waals surface area contributed by atoms with E-state index in [1.54, 1.807) is 9.88 Å². The van der Waals surface area contributed by atoms with Gasteiger partial charge in [0.2, 0.25) is 10.0 Å². The summed E-state index contributed by atoms with van der Waals surface area (Å²) in [5, 5.41) is 20.4. The minimum Gasteiger partial charge on any atom is -0.388 e. The molecular formula is C28H46N2O4S. The van der Waals surface area contributed by atoms with Crippen molar-refractivity contribution in [3.05, 3.63) is 35.5 Å². The first kappa shape index (κ1) is 27.1. The number of fused-ring (bicyclic) bond motifs is 1. The van der Waals surface area contributed by atoms with E-state index in [1.165, 1.54) is 38.4 Å². The van der Waals surface area contributed by atoms with Gasteiger partial charge < -0.3 is 15.1 Å². The Labute approximate surface area is 212 Å². The van der Waals surface area contributed by atoms with Crippen molar-refractivity contribution in [1.82, 2.24) is 9.21 Å². The zero-order valence-corrected chi connectivity index (χ0v) is 22.8. The van der Waals surface area contributed by atoms with Crippen molar-refractivity contribution in [3.8, 4) is 0 Å². The van der Waals surface area contributed by atoms with Crippen molar-refractivity contribution >= 4 is 10.0 Å². The number of nitrogens with zero attached hydrogens (tertiary/aromatic N) is 2. The van der Waals surface area contributed by atoms with Gasteiger partial charge in [-0.05, 0) is 86.7 Å². The van der Waals surface area contributed by atoms with Gasteiger partial charge in [0, 0.05) is 26.2 Å². The van der Waals surface area contributed by atoms with E-state index in [2.05, 4.69) is 37.5 Å². The van der Waals surface area contributed by atoms with Gasteiger partial charge in [0.1, 0.15) is 0 Å². The van der Waals surface area contributed by atoms with Crippen LogP contribution in [0, 0.1) is 23.2 Å². The molecule has 198 valence electrons. The number of hydrogen-bond donors (Lipinski definition) is 2. The van der Waals surface area contributed by atoms with Gasteiger partial charge in [0.15, 0.2) is 0 Å². The topological polar surface area (TPSA) is 81.1 Å². The van der Waals surface area contributed by atoms with Gasteiger partial charge in [-0.2, -0.15) is 4.31 Å². The molecule has 7 heteroatoms. The molecule has 1 unspecified atom stereocenters. The number of allylic oxidation sites excluding steroid dienone is 3. The van der Waals surface area contributed by atoms with E-state index in [9.17, 15) is 18.6 Å². The summed E-state index contributed by atoms with van der Waals surface area (Å²) in [6.07, 6.45) is 13.1. The number of rotatable bonds is 6. The SMILES string of the molecule is C=C1[C@H](O)CC(=CC=C2CCC[C@]3(C)[C@@H](C(C)CCN4CCN(S(C)(=O)=O)CC4)CC[C@@H]23)C[C@@H]1O. The van der Waals surface area contributed by atoms with Crippen molar-refractivity contribution in [2.45, 2.75) is 77.4 Å². The van der Waals surface area contributed by atoms with Crippen LogP contribution in [0.3, 0.4) is 0 Å². The lowest BCUT2D eigenvalue weighted by atomic mass is 9.61. The van der Waals surface area contributed by atoms with E-state index in [0.717, 1.165) is 37.5 Å². The van der Waals surface area contributed by atoms with E-state index in [4.69, 9.17) is 0 Å². The van der Waals surface area contributed by atoms with Crippen LogP contribution < -0.4 is 0 Å². The number of aliphatic hydroxyl groups excluding tert-OH is 2. The maximum Gasteiger partial charge on any atom is 0.211 e. The molecule has 4 rings (SSSR count). The Hall–Kier alpha value is -0.990. The van der Waals surface area contributed by atoms with E-state index in [1.807, 2.05) is 0 Å². The smallest absolute Gasteiger partial charge is 0.211 e. The van der Waals surface area contributed by atoms with Crippen LogP contribution >= 0.6 is 0 Å². The molecular weight excluding hydrogens is 460 g/mol. The molecule has 0 spiro atoms. The lowest BCUT2D eigenvalue weighted by Crippen LogP contribution is -2.48. The van der Waals surface area contributed by atoms with Crippen molar-refractivity contribution in [3.63, 3.8) is 0 Å². The van der Waals surface area contributed by atoms with Gasteiger partial charge in [0.25, 0.3) is 0 Å².